The quantitative estimate of drug-likeness (QED) is 0.442. The summed E-state index contributed by atoms with van der Waals surface area (Å²) >= 11 is 0. The van der Waals surface area contributed by atoms with Crippen LogP contribution < -0.4 is 0 Å². The largest absolute Gasteiger partial charge is 0.478 e. The highest BCUT2D eigenvalue weighted by Crippen LogP contribution is 2.10. The molecule has 0 aromatic heterocycles. The van der Waals surface area contributed by atoms with E-state index in [2.05, 4.69) is 0 Å². The number of hydrogen-bond donors (Lipinski definition) is 6. The summed E-state index contributed by atoms with van der Waals surface area (Å²) in [5.41, 5.74) is -0.343. The third-order valence-corrected chi connectivity index (χ3v) is 2.31. The number of carboxylic acid groups (broad SMARTS) is 2. The molecule has 0 unspecified atom stereocenters. The van der Waals surface area contributed by atoms with Crippen LogP contribution in [0, 0.1) is 5.41 Å². The molecule has 8 heteroatoms. The zero-order valence-corrected chi connectivity index (χ0v) is 13.1. The van der Waals surface area contributed by atoms with Gasteiger partial charge in [-0.1, -0.05) is 19.9 Å². The van der Waals surface area contributed by atoms with E-state index < -0.39 is 11.9 Å². The molecule has 0 fully saturated rings. The normalized spacial score (nSPS) is 9.83. The van der Waals surface area contributed by atoms with E-state index in [9.17, 15) is 9.59 Å². The van der Waals surface area contributed by atoms with Crippen LogP contribution in [0.2, 0.25) is 0 Å². The van der Waals surface area contributed by atoms with E-state index in [1.54, 1.807) is 13.8 Å². The summed E-state index contributed by atoms with van der Waals surface area (Å²) in [5.74, 6) is -2.25. The molecular weight excluding hydrogens is 308 g/mol. The van der Waals surface area contributed by atoms with Gasteiger partial charge in [-0.3, -0.25) is 0 Å². The van der Waals surface area contributed by atoms with Crippen LogP contribution in [0.1, 0.15) is 34.6 Å². The highest BCUT2D eigenvalue weighted by molar-refractivity contribution is 5.93. The number of rotatable bonds is 5. The Bertz CT molecular complexity index is 433. The molecule has 0 aliphatic carbocycles. The van der Waals surface area contributed by atoms with Crippen LogP contribution in [0.15, 0.2) is 24.3 Å². The maximum Gasteiger partial charge on any atom is 0.335 e. The first-order chi connectivity index (χ1) is 10.6. The molecule has 0 saturated carbocycles. The smallest absolute Gasteiger partial charge is 0.335 e. The van der Waals surface area contributed by atoms with Gasteiger partial charge in [-0.05, 0) is 18.2 Å². The molecule has 0 amide bonds. The molecule has 6 N–H and O–H groups in total. The monoisotopic (exact) mass is 332 g/mol. The van der Waals surface area contributed by atoms with E-state index in [0.29, 0.717) is 0 Å². The third-order valence-electron chi connectivity index (χ3n) is 2.31. The third kappa shape index (κ3) is 12.2. The van der Waals surface area contributed by atoms with Crippen molar-refractivity contribution in [3.8, 4) is 0 Å². The Morgan fingerprint density at radius 2 is 1.22 bits per heavy atom. The van der Waals surface area contributed by atoms with Crippen LogP contribution in [-0.2, 0) is 0 Å². The van der Waals surface area contributed by atoms with Crippen LogP contribution in [-0.4, -0.2) is 69.0 Å². The summed E-state index contributed by atoms with van der Waals surface area (Å²) in [5, 5.41) is 49.1. The van der Waals surface area contributed by atoms with E-state index in [1.165, 1.54) is 18.2 Å². The van der Waals surface area contributed by atoms with Crippen molar-refractivity contribution in [2.45, 2.75) is 13.8 Å². The fourth-order valence-corrected chi connectivity index (χ4v) is 0.835. The molecule has 1 rings (SSSR count). The van der Waals surface area contributed by atoms with Gasteiger partial charge >= 0.3 is 11.9 Å². The van der Waals surface area contributed by atoms with Gasteiger partial charge in [0.2, 0.25) is 0 Å². The second kappa shape index (κ2) is 12.5. The van der Waals surface area contributed by atoms with Gasteiger partial charge in [0.15, 0.2) is 0 Å². The van der Waals surface area contributed by atoms with E-state index in [0.717, 1.165) is 6.07 Å². The second-order valence-electron chi connectivity index (χ2n) is 5.12. The van der Waals surface area contributed by atoms with E-state index in [-0.39, 0.29) is 43.0 Å². The van der Waals surface area contributed by atoms with Gasteiger partial charge in [0, 0.05) is 5.41 Å². The molecular formula is C15H24O8. The molecule has 0 aliphatic rings. The van der Waals surface area contributed by atoms with Crippen LogP contribution in [0.5, 0.6) is 0 Å². The molecule has 8 nitrogen and oxygen atoms in total. The molecule has 23 heavy (non-hydrogen) atoms. The molecule has 0 bridgehead atoms. The fraction of sp³-hybridized carbons (Fsp3) is 0.467. The highest BCUT2D eigenvalue weighted by Gasteiger charge is 2.13. The van der Waals surface area contributed by atoms with Crippen molar-refractivity contribution in [3.05, 3.63) is 35.4 Å². The van der Waals surface area contributed by atoms with Gasteiger partial charge in [0.1, 0.15) is 0 Å². The maximum absolute atomic E-state index is 10.4. The Balaban J connectivity index is 0. The molecule has 1 aromatic carbocycles. The summed E-state index contributed by atoms with van der Waals surface area (Å²) in [6.45, 7) is 3.44. The molecule has 0 radical (unpaired) electrons. The van der Waals surface area contributed by atoms with Crippen LogP contribution >= 0.6 is 0 Å². The zero-order valence-electron chi connectivity index (χ0n) is 13.1. The van der Waals surface area contributed by atoms with Crippen molar-refractivity contribution in [2.24, 2.45) is 5.41 Å². The summed E-state index contributed by atoms with van der Waals surface area (Å²) < 4.78 is 0. The lowest BCUT2D eigenvalue weighted by molar-refractivity contribution is 0.0696. The first-order valence-electron chi connectivity index (χ1n) is 6.65. The van der Waals surface area contributed by atoms with Gasteiger partial charge in [0.25, 0.3) is 0 Å². The minimum Gasteiger partial charge on any atom is -0.478 e. The van der Waals surface area contributed by atoms with Gasteiger partial charge in [-0.25, -0.2) is 9.59 Å². The van der Waals surface area contributed by atoms with Gasteiger partial charge in [-0.2, -0.15) is 0 Å². The Morgan fingerprint density at radius 1 is 0.870 bits per heavy atom. The Morgan fingerprint density at radius 3 is 1.39 bits per heavy atom. The highest BCUT2D eigenvalue weighted by atomic mass is 16.4. The van der Waals surface area contributed by atoms with E-state index in [4.69, 9.17) is 30.6 Å². The Kier molecular flexibility index (Phi) is 12.7. The number of benzene rings is 1. The van der Waals surface area contributed by atoms with Gasteiger partial charge < -0.3 is 30.6 Å². The van der Waals surface area contributed by atoms with Crippen molar-refractivity contribution >= 4 is 11.9 Å². The summed E-state index contributed by atoms with van der Waals surface area (Å²) in [6.07, 6.45) is 0. The van der Waals surface area contributed by atoms with Crippen molar-refractivity contribution in [1.82, 2.24) is 0 Å². The first kappa shape index (κ1) is 23.3. The summed E-state index contributed by atoms with van der Waals surface area (Å²) in [7, 11) is 0. The number of carboxylic acids is 2. The van der Waals surface area contributed by atoms with Crippen molar-refractivity contribution < 1.29 is 40.2 Å². The number of aliphatic hydroxyl groups is 4. The number of hydrogen-bond acceptors (Lipinski definition) is 6. The lowest BCUT2D eigenvalue weighted by atomic mass is 9.97. The molecule has 0 spiro atoms. The number of aliphatic hydroxyl groups excluding tert-OH is 4. The molecule has 0 aliphatic heterocycles. The number of carbonyl (C=O) groups is 2. The van der Waals surface area contributed by atoms with Crippen molar-refractivity contribution in [2.75, 3.05) is 26.4 Å². The lowest BCUT2D eigenvalue weighted by Gasteiger charge is -2.16. The average Bonchev–Trinajstić information content (AvgIpc) is 2.55. The maximum atomic E-state index is 10.4. The minimum absolute atomic E-state index is 0.0186. The van der Waals surface area contributed by atoms with E-state index in [1.807, 2.05) is 0 Å². The minimum atomic E-state index is -1.13. The SMILES string of the molecule is CC(C)(CO)CO.O=C(O)c1cccc(C(=O)O)c1.OCCO. The van der Waals surface area contributed by atoms with Crippen molar-refractivity contribution in [1.29, 1.82) is 0 Å². The predicted octanol–water partition coefficient (Wildman–Crippen LogP) is 0.0512. The standard InChI is InChI=1S/C8H6O4.C5H12O2.C2H6O2/c9-7(10)5-2-1-3-6(4-5)8(11)12;1-5(2,3-6)4-7;3-1-2-4/h1-4H,(H,9,10)(H,11,12);6-7H,3-4H2,1-2H3;3-4H,1-2H2. The summed E-state index contributed by atoms with van der Waals surface area (Å²) in [6, 6.07) is 5.20. The second-order valence-corrected chi connectivity index (χ2v) is 5.12. The first-order valence-corrected chi connectivity index (χ1v) is 6.65. The van der Waals surface area contributed by atoms with Gasteiger partial charge in [-0.15, -0.1) is 0 Å². The van der Waals surface area contributed by atoms with Crippen LogP contribution in [0.4, 0.5) is 0 Å². The van der Waals surface area contributed by atoms with Gasteiger partial charge in [0.05, 0.1) is 37.6 Å². The van der Waals surface area contributed by atoms with Crippen LogP contribution in [0.25, 0.3) is 0 Å². The fourth-order valence-electron chi connectivity index (χ4n) is 0.835. The van der Waals surface area contributed by atoms with Crippen molar-refractivity contribution in [3.63, 3.8) is 0 Å². The topological polar surface area (TPSA) is 156 Å². The van der Waals surface area contributed by atoms with E-state index >= 15 is 0 Å². The molecule has 0 atom stereocenters. The predicted molar refractivity (Wildman–Crippen MR) is 82.5 cm³/mol. The molecule has 0 heterocycles. The Labute approximate surface area is 134 Å². The molecule has 132 valence electrons. The average molecular weight is 332 g/mol. The summed E-state index contributed by atoms with van der Waals surface area (Å²) in [4.78, 5) is 20.8. The zero-order chi connectivity index (χ0) is 18.5. The molecule has 0 saturated heterocycles. The molecule has 1 aromatic rings. The van der Waals surface area contributed by atoms with Crippen LogP contribution in [0.3, 0.4) is 0 Å². The lowest BCUT2D eigenvalue weighted by Crippen LogP contribution is -2.20. The Hall–Kier alpha value is -2.00. The number of aromatic carboxylic acids is 2.